The van der Waals surface area contributed by atoms with Crippen LogP contribution < -0.4 is 0 Å². The van der Waals surface area contributed by atoms with Crippen molar-refractivity contribution < 1.29 is 0 Å². The van der Waals surface area contributed by atoms with E-state index < -0.39 is 5.41 Å². The van der Waals surface area contributed by atoms with Crippen molar-refractivity contribution in [1.29, 1.82) is 15.8 Å². The number of hydrogen-bond donors (Lipinski definition) is 0. The second-order valence-electron chi connectivity index (χ2n) is 5.91. The molecule has 0 heterocycles. The van der Waals surface area contributed by atoms with Crippen molar-refractivity contribution in [3.8, 4) is 18.2 Å². The van der Waals surface area contributed by atoms with E-state index in [9.17, 15) is 15.8 Å². The molecule has 0 N–H and O–H groups in total. The van der Waals surface area contributed by atoms with Gasteiger partial charge >= 0.3 is 0 Å². The van der Waals surface area contributed by atoms with E-state index in [2.05, 4.69) is 18.2 Å². The highest BCUT2D eigenvalue weighted by atomic mass is 14.5. The molecule has 0 spiro atoms. The van der Waals surface area contributed by atoms with Gasteiger partial charge in [-0.05, 0) is 35.2 Å². The molecule has 0 radical (unpaired) electrons. The molecule has 23 heavy (non-hydrogen) atoms. The molecule has 2 aromatic rings. The van der Waals surface area contributed by atoms with Crippen molar-refractivity contribution in [3.63, 3.8) is 0 Å². The minimum Gasteiger partial charge on any atom is -0.197 e. The fourth-order valence-electron chi connectivity index (χ4n) is 3.36. The average molecular weight is 297 g/mol. The summed E-state index contributed by atoms with van der Waals surface area (Å²) in [6.45, 7) is 0. The van der Waals surface area contributed by atoms with E-state index in [0.717, 1.165) is 29.2 Å². The van der Waals surface area contributed by atoms with Gasteiger partial charge in [0, 0.05) is 12.3 Å². The van der Waals surface area contributed by atoms with Crippen molar-refractivity contribution in [2.24, 2.45) is 11.3 Å². The van der Waals surface area contributed by atoms with E-state index in [4.69, 9.17) is 0 Å². The largest absolute Gasteiger partial charge is 0.197 e. The fraction of sp³-hybridized carbons (Fsp3) is 0.250. The van der Waals surface area contributed by atoms with Gasteiger partial charge < -0.3 is 0 Å². The van der Waals surface area contributed by atoms with Gasteiger partial charge in [0.15, 0.2) is 5.41 Å². The van der Waals surface area contributed by atoms with E-state index in [1.54, 1.807) is 6.07 Å². The van der Waals surface area contributed by atoms with Gasteiger partial charge in [-0.3, -0.25) is 0 Å². The van der Waals surface area contributed by atoms with Crippen LogP contribution in [0.2, 0.25) is 0 Å². The fourth-order valence-corrected chi connectivity index (χ4v) is 3.36. The first-order valence-electron chi connectivity index (χ1n) is 7.64. The zero-order valence-corrected chi connectivity index (χ0v) is 12.7. The summed E-state index contributed by atoms with van der Waals surface area (Å²) in [4.78, 5) is 0. The summed E-state index contributed by atoms with van der Waals surface area (Å²) in [5.41, 5.74) is 0.511. The first-order valence-corrected chi connectivity index (χ1v) is 7.64. The smallest absolute Gasteiger partial charge is 0.154 e. The van der Waals surface area contributed by atoms with Crippen molar-refractivity contribution in [2.75, 3.05) is 0 Å². The van der Waals surface area contributed by atoms with Gasteiger partial charge in [-0.1, -0.05) is 42.5 Å². The van der Waals surface area contributed by atoms with Crippen LogP contribution in [-0.2, 0) is 6.42 Å². The van der Waals surface area contributed by atoms with Crippen molar-refractivity contribution >= 4 is 10.8 Å². The minimum atomic E-state index is -1.05. The van der Waals surface area contributed by atoms with Gasteiger partial charge in [0.05, 0.1) is 23.8 Å². The van der Waals surface area contributed by atoms with Gasteiger partial charge in [-0.15, -0.1) is 0 Å². The maximum Gasteiger partial charge on any atom is 0.154 e. The Bertz CT molecular complexity index is 889. The molecule has 3 nitrogen and oxygen atoms in total. The molecule has 0 bridgehead atoms. The topological polar surface area (TPSA) is 71.4 Å². The Morgan fingerprint density at radius 1 is 1.00 bits per heavy atom. The Hall–Kier alpha value is -3.09. The zero-order chi connectivity index (χ0) is 16.3. The van der Waals surface area contributed by atoms with Crippen LogP contribution in [0.4, 0.5) is 0 Å². The first kappa shape index (κ1) is 14.8. The van der Waals surface area contributed by atoms with Crippen molar-refractivity contribution in [3.05, 3.63) is 59.7 Å². The molecule has 3 heteroatoms. The molecule has 0 aromatic heterocycles. The van der Waals surface area contributed by atoms with Crippen molar-refractivity contribution in [2.45, 2.75) is 19.3 Å². The van der Waals surface area contributed by atoms with Gasteiger partial charge in [-0.2, -0.15) is 15.8 Å². The van der Waals surface area contributed by atoms with Crippen LogP contribution in [0, 0.1) is 45.3 Å². The summed E-state index contributed by atoms with van der Waals surface area (Å²) in [7, 11) is 0. The van der Waals surface area contributed by atoms with Crippen LogP contribution in [0.25, 0.3) is 10.8 Å². The standard InChI is InChI=1S/C20H15N3/c21-12-16-10-9-15(18-7-3-4-8-19(16)18)11-20(13-22,14-23)17-5-1-2-6-17/h1,3-5,7-10,17H,2,6,11H2. The highest BCUT2D eigenvalue weighted by Crippen LogP contribution is 2.39. The first-order chi connectivity index (χ1) is 11.2. The number of hydrogen-bond acceptors (Lipinski definition) is 3. The molecule has 0 saturated heterocycles. The second kappa shape index (κ2) is 5.96. The van der Waals surface area contributed by atoms with Crippen LogP contribution in [0.5, 0.6) is 0 Å². The van der Waals surface area contributed by atoms with Crippen LogP contribution >= 0.6 is 0 Å². The highest BCUT2D eigenvalue weighted by Gasteiger charge is 2.39. The summed E-state index contributed by atoms with van der Waals surface area (Å²) in [5, 5.41) is 30.5. The lowest BCUT2D eigenvalue weighted by Crippen LogP contribution is -2.28. The molecule has 0 aliphatic heterocycles. The lowest BCUT2D eigenvalue weighted by molar-refractivity contribution is 0.373. The molecule has 0 fully saturated rings. The Balaban J connectivity index is 2.11. The van der Waals surface area contributed by atoms with Gasteiger partial charge in [0.2, 0.25) is 0 Å². The lowest BCUT2D eigenvalue weighted by Gasteiger charge is -2.25. The number of allylic oxidation sites excluding steroid dienone is 2. The molecule has 1 aliphatic carbocycles. The normalized spacial score (nSPS) is 16.7. The Kier molecular flexibility index (Phi) is 3.84. The van der Waals surface area contributed by atoms with E-state index in [-0.39, 0.29) is 5.92 Å². The predicted octanol–water partition coefficient (Wildman–Crippen LogP) is 4.25. The molecular weight excluding hydrogens is 282 g/mol. The molecule has 0 amide bonds. The number of fused-ring (bicyclic) bond motifs is 1. The number of benzene rings is 2. The molecule has 1 aliphatic rings. The third-order valence-electron chi connectivity index (χ3n) is 4.65. The van der Waals surface area contributed by atoms with E-state index >= 15 is 0 Å². The Morgan fingerprint density at radius 2 is 1.74 bits per heavy atom. The number of nitriles is 3. The van der Waals surface area contributed by atoms with Gasteiger partial charge in [0.25, 0.3) is 0 Å². The summed E-state index contributed by atoms with van der Waals surface area (Å²) in [6.07, 6.45) is 6.18. The number of rotatable bonds is 3. The molecular formula is C20H15N3. The van der Waals surface area contributed by atoms with Crippen LogP contribution in [0.3, 0.4) is 0 Å². The Morgan fingerprint density at radius 3 is 2.35 bits per heavy atom. The molecule has 1 atom stereocenters. The van der Waals surface area contributed by atoms with Crippen molar-refractivity contribution in [1.82, 2.24) is 0 Å². The maximum absolute atomic E-state index is 9.71. The minimum absolute atomic E-state index is 0.0353. The highest BCUT2D eigenvalue weighted by molar-refractivity contribution is 5.90. The van der Waals surface area contributed by atoms with E-state index in [0.29, 0.717) is 12.0 Å². The van der Waals surface area contributed by atoms with Crippen LogP contribution in [-0.4, -0.2) is 0 Å². The molecule has 0 saturated carbocycles. The molecule has 3 rings (SSSR count). The SMILES string of the molecule is N#Cc1ccc(CC(C#N)(C#N)C2C=CCC2)c2ccccc12. The lowest BCUT2D eigenvalue weighted by atomic mass is 9.72. The number of nitrogens with zero attached hydrogens (tertiary/aromatic N) is 3. The van der Waals surface area contributed by atoms with Gasteiger partial charge in [0.1, 0.15) is 0 Å². The predicted molar refractivity (Wildman–Crippen MR) is 87.9 cm³/mol. The van der Waals surface area contributed by atoms with Gasteiger partial charge in [-0.25, -0.2) is 0 Å². The van der Waals surface area contributed by atoms with Crippen LogP contribution in [0.15, 0.2) is 48.6 Å². The summed E-state index contributed by atoms with van der Waals surface area (Å²) >= 11 is 0. The zero-order valence-electron chi connectivity index (χ0n) is 12.7. The summed E-state index contributed by atoms with van der Waals surface area (Å²) < 4.78 is 0. The third-order valence-corrected chi connectivity index (χ3v) is 4.65. The summed E-state index contributed by atoms with van der Waals surface area (Å²) in [5.74, 6) is -0.0353. The molecule has 1 unspecified atom stereocenters. The maximum atomic E-state index is 9.71. The Labute approximate surface area is 135 Å². The monoisotopic (exact) mass is 297 g/mol. The average Bonchev–Trinajstić information content (AvgIpc) is 3.15. The van der Waals surface area contributed by atoms with E-state index in [1.807, 2.05) is 42.5 Å². The molecule has 110 valence electrons. The van der Waals surface area contributed by atoms with Crippen LogP contribution in [0.1, 0.15) is 24.0 Å². The molecule has 2 aromatic carbocycles. The van der Waals surface area contributed by atoms with E-state index in [1.165, 1.54) is 0 Å². The summed E-state index contributed by atoms with van der Waals surface area (Å²) in [6, 6.07) is 18.1. The quantitative estimate of drug-likeness (QED) is 0.795. The second-order valence-corrected chi connectivity index (χ2v) is 5.91. The third kappa shape index (κ3) is 2.46.